The Bertz CT molecular complexity index is 463. The van der Waals surface area contributed by atoms with Crippen molar-refractivity contribution in [2.75, 3.05) is 14.2 Å². The predicted octanol–water partition coefficient (Wildman–Crippen LogP) is 0.886. The zero-order valence-corrected chi connectivity index (χ0v) is 11.4. The molecule has 0 N–H and O–H groups in total. The van der Waals surface area contributed by atoms with Crippen LogP contribution in [0.3, 0.4) is 0 Å². The second-order valence-electron chi connectivity index (χ2n) is 4.39. The van der Waals surface area contributed by atoms with Crippen LogP contribution in [0, 0.1) is 5.92 Å². The van der Waals surface area contributed by atoms with Gasteiger partial charge in [0.1, 0.15) is 6.04 Å². The number of hydrogen-bond donors (Lipinski definition) is 0. The van der Waals surface area contributed by atoms with Crippen LogP contribution < -0.4 is 0 Å². The number of hydrogen-bond acceptors (Lipinski definition) is 6. The van der Waals surface area contributed by atoms with Gasteiger partial charge in [0.25, 0.3) is 0 Å². The van der Waals surface area contributed by atoms with Gasteiger partial charge in [-0.05, 0) is 6.42 Å². The van der Waals surface area contributed by atoms with Gasteiger partial charge in [0.05, 0.1) is 20.1 Å². The summed E-state index contributed by atoms with van der Waals surface area (Å²) in [4.78, 5) is 37.8. The van der Waals surface area contributed by atoms with E-state index in [-0.39, 0.29) is 0 Å². The molecule has 2 aliphatic rings. The number of methoxy groups -OCH3 is 2. The third-order valence-corrected chi connectivity index (χ3v) is 3.44. The highest BCUT2D eigenvalue weighted by Crippen LogP contribution is 2.34. The Morgan fingerprint density at radius 1 is 1.20 bits per heavy atom. The minimum Gasteiger partial charge on any atom is -0.452 e. The Morgan fingerprint density at radius 3 is 2.30 bits per heavy atom. The summed E-state index contributed by atoms with van der Waals surface area (Å²) in [5.41, 5.74) is 0. The maximum absolute atomic E-state index is 11.9. The first-order valence-corrected chi connectivity index (χ1v) is 6.16. The first-order valence-electron chi connectivity index (χ1n) is 6.16. The minimum absolute atomic E-state index is 0.450. The molecule has 0 aliphatic carbocycles. The average molecular weight is 284 g/mol. The molecule has 2 aliphatic heterocycles. The molecule has 0 radical (unpaired) electrons. The predicted molar refractivity (Wildman–Crippen MR) is 65.1 cm³/mol. The molecular formula is C12H16N2O6. The molecule has 0 saturated carbocycles. The molecule has 2 rings (SSSR count). The second kappa shape index (κ2) is 5.40. The Kier molecular flexibility index (Phi) is 3.82. The third kappa shape index (κ3) is 2.06. The lowest BCUT2D eigenvalue weighted by Crippen LogP contribution is -2.55. The first-order chi connectivity index (χ1) is 9.54. The fourth-order valence-electron chi connectivity index (χ4n) is 2.46. The highest BCUT2D eigenvalue weighted by atomic mass is 16.6. The van der Waals surface area contributed by atoms with E-state index in [0.717, 1.165) is 4.90 Å². The van der Waals surface area contributed by atoms with E-state index in [4.69, 9.17) is 4.74 Å². The SMILES string of the molecule is CC[C@@H]1C(=O)O[C@@H]2[C@H]1N(C(=O)OC)C=CN2C(=O)OC. The van der Waals surface area contributed by atoms with Gasteiger partial charge in [-0.25, -0.2) is 14.5 Å². The topological polar surface area (TPSA) is 85.4 Å². The van der Waals surface area contributed by atoms with Crippen molar-refractivity contribution in [1.29, 1.82) is 0 Å². The van der Waals surface area contributed by atoms with Crippen LogP contribution in [0.1, 0.15) is 13.3 Å². The van der Waals surface area contributed by atoms with Crippen LogP contribution in [0.2, 0.25) is 0 Å². The fraction of sp³-hybridized carbons (Fsp3) is 0.583. The van der Waals surface area contributed by atoms with Crippen LogP contribution in [-0.2, 0) is 19.0 Å². The summed E-state index contributed by atoms with van der Waals surface area (Å²) in [7, 11) is 2.47. The normalized spacial score (nSPS) is 27.9. The summed E-state index contributed by atoms with van der Waals surface area (Å²) in [6, 6.07) is -0.621. The number of carbonyl (C=O) groups excluding carboxylic acids is 3. The largest absolute Gasteiger partial charge is 0.452 e. The molecule has 110 valence electrons. The Hall–Kier alpha value is -2.25. The zero-order chi connectivity index (χ0) is 14.9. The number of amides is 2. The maximum atomic E-state index is 11.9. The molecule has 0 unspecified atom stereocenters. The van der Waals surface area contributed by atoms with Gasteiger partial charge >= 0.3 is 18.2 Å². The molecule has 20 heavy (non-hydrogen) atoms. The monoisotopic (exact) mass is 284 g/mol. The van der Waals surface area contributed by atoms with E-state index in [9.17, 15) is 14.4 Å². The molecule has 0 aromatic heterocycles. The number of nitrogens with zero attached hydrogens (tertiary/aromatic N) is 2. The van der Waals surface area contributed by atoms with Crippen molar-refractivity contribution in [2.45, 2.75) is 25.6 Å². The number of esters is 1. The lowest BCUT2D eigenvalue weighted by atomic mass is 9.96. The number of ether oxygens (including phenoxy) is 3. The van der Waals surface area contributed by atoms with Crippen molar-refractivity contribution >= 4 is 18.2 Å². The van der Waals surface area contributed by atoms with Gasteiger partial charge in [0, 0.05) is 12.4 Å². The van der Waals surface area contributed by atoms with Crippen molar-refractivity contribution in [3.8, 4) is 0 Å². The molecule has 0 aromatic carbocycles. The lowest BCUT2D eigenvalue weighted by Gasteiger charge is -2.37. The fourth-order valence-corrected chi connectivity index (χ4v) is 2.46. The van der Waals surface area contributed by atoms with Crippen LogP contribution >= 0.6 is 0 Å². The van der Waals surface area contributed by atoms with Gasteiger partial charge in [0.2, 0.25) is 6.23 Å². The molecule has 0 bridgehead atoms. The molecule has 3 atom stereocenters. The highest BCUT2D eigenvalue weighted by Gasteiger charge is 2.53. The quantitative estimate of drug-likeness (QED) is 0.525. The van der Waals surface area contributed by atoms with Crippen molar-refractivity contribution < 1.29 is 28.6 Å². The summed E-state index contributed by atoms with van der Waals surface area (Å²) < 4.78 is 14.5. The summed E-state index contributed by atoms with van der Waals surface area (Å²) in [5, 5.41) is 0. The Morgan fingerprint density at radius 2 is 1.75 bits per heavy atom. The van der Waals surface area contributed by atoms with E-state index < -0.39 is 36.3 Å². The van der Waals surface area contributed by atoms with Crippen LogP contribution in [0.5, 0.6) is 0 Å². The zero-order valence-electron chi connectivity index (χ0n) is 11.4. The smallest absolute Gasteiger partial charge is 0.416 e. The van der Waals surface area contributed by atoms with Crippen molar-refractivity contribution in [2.24, 2.45) is 5.92 Å². The molecule has 2 heterocycles. The van der Waals surface area contributed by atoms with E-state index in [1.807, 2.05) is 6.92 Å². The van der Waals surface area contributed by atoms with E-state index in [2.05, 4.69) is 9.47 Å². The van der Waals surface area contributed by atoms with Crippen LogP contribution in [-0.4, -0.2) is 54.4 Å². The Labute approximate surface area is 115 Å². The summed E-state index contributed by atoms with van der Waals surface area (Å²) in [6.45, 7) is 1.81. The third-order valence-electron chi connectivity index (χ3n) is 3.44. The summed E-state index contributed by atoms with van der Waals surface area (Å²) in [5.74, 6) is -0.967. The lowest BCUT2D eigenvalue weighted by molar-refractivity contribution is -0.148. The highest BCUT2D eigenvalue weighted by molar-refractivity contribution is 5.80. The van der Waals surface area contributed by atoms with E-state index in [1.165, 1.54) is 31.5 Å². The van der Waals surface area contributed by atoms with Crippen LogP contribution in [0.25, 0.3) is 0 Å². The van der Waals surface area contributed by atoms with E-state index >= 15 is 0 Å². The molecule has 1 fully saturated rings. The summed E-state index contributed by atoms with van der Waals surface area (Å²) >= 11 is 0. The number of carbonyl (C=O) groups is 3. The number of rotatable bonds is 1. The first kappa shape index (κ1) is 14.2. The number of fused-ring (bicyclic) bond motifs is 1. The van der Waals surface area contributed by atoms with Gasteiger partial charge in [-0.1, -0.05) is 6.92 Å². The van der Waals surface area contributed by atoms with Gasteiger partial charge in [-0.15, -0.1) is 0 Å². The van der Waals surface area contributed by atoms with E-state index in [0.29, 0.717) is 6.42 Å². The van der Waals surface area contributed by atoms with Gasteiger partial charge in [-0.2, -0.15) is 0 Å². The molecular weight excluding hydrogens is 268 g/mol. The average Bonchev–Trinajstić information content (AvgIpc) is 2.80. The molecule has 8 nitrogen and oxygen atoms in total. The van der Waals surface area contributed by atoms with Gasteiger partial charge in [-0.3, -0.25) is 9.69 Å². The second-order valence-corrected chi connectivity index (χ2v) is 4.39. The van der Waals surface area contributed by atoms with Crippen LogP contribution in [0.15, 0.2) is 12.4 Å². The van der Waals surface area contributed by atoms with Gasteiger partial charge < -0.3 is 14.2 Å². The molecule has 0 aromatic rings. The maximum Gasteiger partial charge on any atom is 0.416 e. The minimum atomic E-state index is -0.899. The van der Waals surface area contributed by atoms with E-state index in [1.54, 1.807) is 0 Å². The Balaban J connectivity index is 2.38. The molecule has 1 saturated heterocycles. The molecule has 0 spiro atoms. The van der Waals surface area contributed by atoms with Crippen LogP contribution in [0.4, 0.5) is 9.59 Å². The molecule has 8 heteroatoms. The molecule has 2 amide bonds. The van der Waals surface area contributed by atoms with Gasteiger partial charge in [0.15, 0.2) is 0 Å². The van der Waals surface area contributed by atoms with Crippen molar-refractivity contribution in [3.63, 3.8) is 0 Å². The van der Waals surface area contributed by atoms with Crippen molar-refractivity contribution in [3.05, 3.63) is 12.4 Å². The standard InChI is InChI=1S/C12H16N2O6/c1-4-7-8-9(20-10(7)15)14(12(17)19-3)6-5-13(8)11(16)18-2/h5-9H,4H2,1-3H3/t7-,8-,9+/m0/s1. The summed E-state index contributed by atoms with van der Waals surface area (Å²) in [6.07, 6.45) is 1.02. The van der Waals surface area contributed by atoms with Crippen molar-refractivity contribution in [1.82, 2.24) is 9.80 Å².